The van der Waals surface area contributed by atoms with Crippen molar-refractivity contribution in [2.45, 2.75) is 12.8 Å². The van der Waals surface area contributed by atoms with Crippen LogP contribution in [0.1, 0.15) is 12.8 Å². The number of benzene rings is 1. The van der Waals surface area contributed by atoms with E-state index in [1.165, 1.54) is 0 Å². The van der Waals surface area contributed by atoms with E-state index in [4.69, 9.17) is 25.5 Å². The van der Waals surface area contributed by atoms with Gasteiger partial charge in [-0.25, -0.2) is 9.97 Å². The number of rotatable bonds is 6. The van der Waals surface area contributed by atoms with Gasteiger partial charge in [-0.1, -0.05) is 0 Å². The molecule has 0 saturated carbocycles. The molecule has 1 aromatic carbocycles. The van der Waals surface area contributed by atoms with Crippen molar-refractivity contribution in [3.05, 3.63) is 30.5 Å². The first-order valence-electron chi connectivity index (χ1n) is 9.48. The van der Waals surface area contributed by atoms with Crippen LogP contribution in [0.25, 0.3) is 22.4 Å². The fourth-order valence-corrected chi connectivity index (χ4v) is 3.11. The molecule has 0 aliphatic carbocycles. The van der Waals surface area contributed by atoms with Crippen molar-refractivity contribution in [1.29, 1.82) is 5.26 Å². The molecule has 0 unspecified atom stereocenters. The number of nitriles is 1. The van der Waals surface area contributed by atoms with E-state index in [9.17, 15) is 0 Å². The molecule has 1 saturated heterocycles. The summed E-state index contributed by atoms with van der Waals surface area (Å²) in [4.78, 5) is 20.0. The number of nitrogens with two attached hydrogens (primary N) is 1. The van der Waals surface area contributed by atoms with Gasteiger partial charge in [0.1, 0.15) is 5.75 Å². The Morgan fingerprint density at radius 2 is 1.93 bits per heavy atom. The van der Waals surface area contributed by atoms with E-state index in [1.807, 2.05) is 24.3 Å². The standard InChI is InChI=1S/C20H21N7O2/c21-7-1-2-10-29-15-5-3-14(4-6-15)16-13-23-18-17(24-16)19(26-20(22)25-18)27-8-11-28-12-9-27/h3-6,13H,1-2,8-12H2,(H2,22,23,25,26). The first-order valence-corrected chi connectivity index (χ1v) is 9.48. The maximum atomic E-state index is 8.58. The molecule has 3 aromatic rings. The summed E-state index contributed by atoms with van der Waals surface area (Å²) in [7, 11) is 0. The number of nitrogens with zero attached hydrogens (tertiary/aromatic N) is 6. The Labute approximate surface area is 168 Å². The summed E-state index contributed by atoms with van der Waals surface area (Å²) < 4.78 is 11.1. The van der Waals surface area contributed by atoms with Crippen molar-refractivity contribution in [2.75, 3.05) is 43.5 Å². The molecule has 29 heavy (non-hydrogen) atoms. The molecular formula is C20H21N7O2. The molecule has 0 atom stereocenters. The fraction of sp³-hybridized carbons (Fsp3) is 0.350. The van der Waals surface area contributed by atoms with Crippen LogP contribution in [0.3, 0.4) is 0 Å². The van der Waals surface area contributed by atoms with Crippen LogP contribution >= 0.6 is 0 Å². The number of aromatic nitrogens is 4. The molecule has 9 nitrogen and oxygen atoms in total. The molecule has 3 heterocycles. The highest BCUT2D eigenvalue weighted by Crippen LogP contribution is 2.27. The van der Waals surface area contributed by atoms with Crippen LogP contribution in [-0.4, -0.2) is 52.8 Å². The van der Waals surface area contributed by atoms with E-state index in [0.717, 1.165) is 30.1 Å². The Morgan fingerprint density at radius 1 is 1.14 bits per heavy atom. The number of hydrogen-bond donors (Lipinski definition) is 1. The number of hydrogen-bond acceptors (Lipinski definition) is 9. The predicted octanol–water partition coefficient (Wildman–Crippen LogP) is 2.19. The summed E-state index contributed by atoms with van der Waals surface area (Å²) in [6.45, 7) is 3.22. The third-order valence-electron chi connectivity index (χ3n) is 4.57. The van der Waals surface area contributed by atoms with E-state index in [0.29, 0.717) is 49.6 Å². The second-order valence-electron chi connectivity index (χ2n) is 6.57. The summed E-state index contributed by atoms with van der Waals surface area (Å²) in [5, 5.41) is 8.58. The van der Waals surface area contributed by atoms with E-state index in [1.54, 1.807) is 6.20 Å². The van der Waals surface area contributed by atoms with Crippen LogP contribution in [0.15, 0.2) is 30.5 Å². The summed E-state index contributed by atoms with van der Waals surface area (Å²) in [6, 6.07) is 9.74. The summed E-state index contributed by atoms with van der Waals surface area (Å²) in [5.74, 6) is 1.62. The minimum Gasteiger partial charge on any atom is -0.494 e. The molecule has 0 amide bonds. The van der Waals surface area contributed by atoms with E-state index in [-0.39, 0.29) is 5.95 Å². The molecule has 0 bridgehead atoms. The third-order valence-corrected chi connectivity index (χ3v) is 4.57. The van der Waals surface area contributed by atoms with Gasteiger partial charge in [0.2, 0.25) is 5.95 Å². The number of nitrogen functional groups attached to an aromatic ring is 1. The monoisotopic (exact) mass is 391 g/mol. The maximum absolute atomic E-state index is 8.58. The van der Waals surface area contributed by atoms with Gasteiger partial charge in [0.25, 0.3) is 0 Å². The lowest BCUT2D eigenvalue weighted by atomic mass is 10.1. The number of morpholine rings is 1. The van der Waals surface area contributed by atoms with Gasteiger partial charge >= 0.3 is 0 Å². The van der Waals surface area contributed by atoms with Crippen molar-refractivity contribution >= 4 is 22.9 Å². The fourth-order valence-electron chi connectivity index (χ4n) is 3.11. The molecular weight excluding hydrogens is 370 g/mol. The zero-order valence-corrected chi connectivity index (χ0v) is 15.9. The van der Waals surface area contributed by atoms with Gasteiger partial charge in [0.15, 0.2) is 17.0 Å². The van der Waals surface area contributed by atoms with Crippen LogP contribution in [0, 0.1) is 11.3 Å². The highest BCUT2D eigenvalue weighted by atomic mass is 16.5. The largest absolute Gasteiger partial charge is 0.494 e. The first-order chi connectivity index (χ1) is 14.2. The Bertz CT molecular complexity index is 1030. The molecule has 9 heteroatoms. The summed E-state index contributed by atoms with van der Waals surface area (Å²) in [6.07, 6.45) is 2.88. The quantitative estimate of drug-likeness (QED) is 0.630. The number of anilines is 2. The van der Waals surface area contributed by atoms with Gasteiger partial charge < -0.3 is 20.1 Å². The third kappa shape index (κ3) is 4.33. The van der Waals surface area contributed by atoms with Crippen LogP contribution < -0.4 is 15.4 Å². The smallest absolute Gasteiger partial charge is 0.224 e. The number of fused-ring (bicyclic) bond motifs is 1. The Kier molecular flexibility index (Phi) is 5.63. The van der Waals surface area contributed by atoms with Crippen molar-refractivity contribution in [3.8, 4) is 23.1 Å². The molecule has 2 aromatic heterocycles. The molecule has 0 radical (unpaired) electrons. The molecule has 1 aliphatic heterocycles. The van der Waals surface area contributed by atoms with Crippen molar-refractivity contribution in [1.82, 2.24) is 19.9 Å². The second kappa shape index (κ2) is 8.67. The minimum absolute atomic E-state index is 0.180. The molecule has 1 aliphatic rings. The second-order valence-corrected chi connectivity index (χ2v) is 6.57. The van der Waals surface area contributed by atoms with Crippen LogP contribution in [0.5, 0.6) is 5.75 Å². The summed E-state index contributed by atoms with van der Waals surface area (Å²) in [5.41, 5.74) is 8.60. The zero-order valence-electron chi connectivity index (χ0n) is 15.9. The normalized spacial score (nSPS) is 14.0. The molecule has 2 N–H and O–H groups in total. The Balaban J connectivity index is 1.61. The van der Waals surface area contributed by atoms with Crippen LogP contribution in [0.4, 0.5) is 11.8 Å². The Hall–Kier alpha value is -3.51. The van der Waals surface area contributed by atoms with Crippen molar-refractivity contribution in [3.63, 3.8) is 0 Å². The van der Waals surface area contributed by atoms with Crippen LogP contribution in [0.2, 0.25) is 0 Å². The van der Waals surface area contributed by atoms with Gasteiger partial charge in [-0.3, -0.25) is 0 Å². The average Bonchev–Trinajstić information content (AvgIpc) is 2.77. The number of ether oxygens (including phenoxy) is 2. The van der Waals surface area contributed by atoms with E-state index >= 15 is 0 Å². The molecule has 4 rings (SSSR count). The first kappa shape index (κ1) is 18.8. The molecule has 1 fully saturated rings. The predicted molar refractivity (Wildman–Crippen MR) is 108 cm³/mol. The van der Waals surface area contributed by atoms with Crippen molar-refractivity contribution in [2.24, 2.45) is 0 Å². The average molecular weight is 391 g/mol. The lowest BCUT2D eigenvalue weighted by molar-refractivity contribution is 0.122. The highest BCUT2D eigenvalue weighted by Gasteiger charge is 2.19. The lowest BCUT2D eigenvalue weighted by Crippen LogP contribution is -2.37. The van der Waals surface area contributed by atoms with Gasteiger partial charge in [0, 0.05) is 25.1 Å². The maximum Gasteiger partial charge on any atom is 0.224 e. The SMILES string of the molecule is N#CCCCOc1ccc(-c2cnc3nc(N)nc(N4CCOCC4)c3n2)cc1. The Morgan fingerprint density at radius 3 is 2.69 bits per heavy atom. The van der Waals surface area contributed by atoms with E-state index < -0.39 is 0 Å². The van der Waals surface area contributed by atoms with E-state index in [2.05, 4.69) is 25.9 Å². The van der Waals surface area contributed by atoms with Gasteiger partial charge in [-0.2, -0.15) is 15.2 Å². The van der Waals surface area contributed by atoms with Crippen molar-refractivity contribution < 1.29 is 9.47 Å². The number of unbranched alkanes of at least 4 members (excludes halogenated alkanes) is 1. The van der Waals surface area contributed by atoms with Gasteiger partial charge in [-0.05, 0) is 30.7 Å². The molecule has 148 valence electrons. The molecule has 0 spiro atoms. The van der Waals surface area contributed by atoms with Gasteiger partial charge in [0.05, 0.1) is 37.8 Å². The van der Waals surface area contributed by atoms with Gasteiger partial charge in [-0.15, -0.1) is 0 Å². The highest BCUT2D eigenvalue weighted by molar-refractivity contribution is 5.85. The topological polar surface area (TPSA) is 123 Å². The summed E-state index contributed by atoms with van der Waals surface area (Å²) >= 11 is 0. The lowest BCUT2D eigenvalue weighted by Gasteiger charge is -2.28. The van der Waals surface area contributed by atoms with Crippen LogP contribution in [-0.2, 0) is 4.74 Å². The zero-order chi connectivity index (χ0) is 20.1. The minimum atomic E-state index is 0.180.